The van der Waals surface area contributed by atoms with Crippen molar-refractivity contribution in [2.75, 3.05) is 0 Å². The molecule has 0 atom stereocenters. The summed E-state index contributed by atoms with van der Waals surface area (Å²) < 4.78 is 5.04. The van der Waals surface area contributed by atoms with E-state index in [1.807, 2.05) is 0 Å². The summed E-state index contributed by atoms with van der Waals surface area (Å²) in [6.07, 6.45) is 12.1. The Balaban J connectivity index is -0.000000392. The average molecular weight is 352 g/mol. The van der Waals surface area contributed by atoms with Crippen LogP contribution in [0.2, 0.25) is 13.3 Å². The third kappa shape index (κ3) is 22.1. The first-order valence-corrected chi connectivity index (χ1v) is 13.4. The molecule has 0 aliphatic heterocycles. The van der Waals surface area contributed by atoms with Crippen LogP contribution in [0.15, 0.2) is 25.3 Å². The normalized spacial score (nSPS) is 9.11. The van der Waals surface area contributed by atoms with Crippen molar-refractivity contribution in [1.29, 1.82) is 0 Å². The van der Waals surface area contributed by atoms with Gasteiger partial charge in [0.2, 0.25) is 0 Å². The third-order valence-electron chi connectivity index (χ3n) is 2.82. The molecule has 1 radical (unpaired) electrons. The Hall–Kier alpha value is 0.876. The van der Waals surface area contributed by atoms with Gasteiger partial charge < -0.3 is 0 Å². The number of hydrogen-bond donors (Lipinski definition) is 0. The van der Waals surface area contributed by atoms with E-state index in [-0.39, 0.29) is 18.9 Å². The fourth-order valence-corrected chi connectivity index (χ4v) is 11.1. The van der Waals surface area contributed by atoms with Crippen molar-refractivity contribution in [3.05, 3.63) is 25.3 Å². The van der Waals surface area contributed by atoms with E-state index >= 15 is 0 Å². The van der Waals surface area contributed by atoms with Crippen molar-refractivity contribution in [1.82, 2.24) is 0 Å². The van der Waals surface area contributed by atoms with Crippen LogP contribution in [0.25, 0.3) is 0 Å². The van der Waals surface area contributed by atoms with Gasteiger partial charge in [-0.3, -0.25) is 0 Å². The fourth-order valence-electron chi connectivity index (χ4n) is 1.66. The van der Waals surface area contributed by atoms with Gasteiger partial charge >= 0.3 is 111 Å². The maximum atomic E-state index is 3.36. The molecule has 0 nitrogen and oxygen atoms in total. The van der Waals surface area contributed by atoms with Crippen LogP contribution in [0.1, 0.15) is 59.3 Å². The van der Waals surface area contributed by atoms with E-state index in [1.54, 1.807) is 25.5 Å². The molecule has 0 heterocycles. The molecule has 0 fully saturated rings. The maximum absolute atomic E-state index is 3.36. The summed E-state index contributed by atoms with van der Waals surface area (Å²) in [6.45, 7) is 13.7. The molecule has 0 N–H and O–H groups in total. The van der Waals surface area contributed by atoms with E-state index in [0.717, 1.165) is 0 Å². The van der Waals surface area contributed by atoms with E-state index < -0.39 is 19.8 Å². The molecule has 0 aromatic rings. The molecule has 0 rings (SSSR count). The van der Waals surface area contributed by atoms with Crippen molar-refractivity contribution in [3.63, 3.8) is 0 Å². The minimum absolute atomic E-state index is 0. The summed E-state index contributed by atoms with van der Waals surface area (Å²) in [5.41, 5.74) is 0. The number of rotatable bonds is 10. The topological polar surface area (TPSA) is 0 Å². The van der Waals surface area contributed by atoms with Crippen molar-refractivity contribution in [2.45, 2.75) is 72.6 Å². The Morgan fingerprint density at radius 2 is 1.00 bits per heavy atom. The second-order valence-electron chi connectivity index (χ2n) is 4.53. The molecular weight excluding hydrogens is 318 g/mol. The molecule has 0 saturated carbocycles. The van der Waals surface area contributed by atoms with Crippen LogP contribution in [0.3, 0.4) is 0 Å². The molecule has 0 aromatic carbocycles. The van der Waals surface area contributed by atoms with Crippen molar-refractivity contribution in [2.24, 2.45) is 0 Å². The van der Waals surface area contributed by atoms with Gasteiger partial charge in [0.25, 0.3) is 0 Å². The van der Waals surface area contributed by atoms with Crippen LogP contribution in [0, 0.1) is 0 Å². The molecule has 0 unspecified atom stereocenters. The van der Waals surface area contributed by atoms with Gasteiger partial charge in [0.15, 0.2) is 0 Å². The first-order chi connectivity index (χ1) is 8.26. The second kappa shape index (κ2) is 23.0. The van der Waals surface area contributed by atoms with Gasteiger partial charge in [0, 0.05) is 0 Å². The second-order valence-corrected chi connectivity index (χ2v) is 13.1. The van der Waals surface area contributed by atoms with Crippen LogP contribution >= 0.6 is 0 Å². The van der Waals surface area contributed by atoms with Gasteiger partial charge in [-0.25, -0.2) is 0 Å². The van der Waals surface area contributed by atoms with Crippen LogP contribution in [0.5, 0.6) is 0 Å². The predicted molar refractivity (Wildman–Crippen MR) is 92.4 cm³/mol. The van der Waals surface area contributed by atoms with Crippen LogP contribution in [0.4, 0.5) is 0 Å². The molecule has 0 aliphatic carbocycles. The zero-order chi connectivity index (χ0) is 13.4. The Morgan fingerprint density at radius 3 is 1.17 bits per heavy atom. The summed E-state index contributed by atoms with van der Waals surface area (Å²) in [7, 11) is 0. The van der Waals surface area contributed by atoms with E-state index in [2.05, 4.69) is 33.9 Å². The number of unbranched alkanes of at least 4 members (excludes halogenated alkanes) is 3. The molecule has 0 saturated heterocycles. The molecule has 0 bridgehead atoms. The minimum atomic E-state index is -0.839. The Kier molecular flexibility index (Phi) is 30.6. The zero-order valence-electron chi connectivity index (χ0n) is 12.4. The van der Waals surface area contributed by atoms with Crippen molar-refractivity contribution in [3.8, 4) is 0 Å². The van der Waals surface area contributed by atoms with E-state index in [9.17, 15) is 0 Å². The molecule has 18 heavy (non-hydrogen) atoms. The van der Waals surface area contributed by atoms with Gasteiger partial charge in [-0.2, -0.15) is 0 Å². The summed E-state index contributed by atoms with van der Waals surface area (Å²) in [5.74, 6) is 0. The van der Waals surface area contributed by atoms with Gasteiger partial charge in [0.05, 0.1) is 0 Å². The van der Waals surface area contributed by atoms with Crippen LogP contribution in [-0.2, 0) is 0 Å². The molecule has 103 valence electrons. The molecular formula is C16H34LiSn. The number of allylic oxidation sites excluding steroid dienone is 2. The zero-order valence-corrected chi connectivity index (χ0v) is 15.3. The van der Waals surface area contributed by atoms with Gasteiger partial charge in [0.1, 0.15) is 0 Å². The molecule has 0 spiro atoms. The van der Waals surface area contributed by atoms with E-state index in [1.165, 1.54) is 38.5 Å². The van der Waals surface area contributed by atoms with Crippen LogP contribution < -0.4 is 0 Å². The van der Waals surface area contributed by atoms with Crippen LogP contribution in [-0.4, -0.2) is 38.6 Å². The predicted octanol–water partition coefficient (Wildman–Crippen LogP) is 5.59. The van der Waals surface area contributed by atoms with Gasteiger partial charge in [-0.15, -0.1) is 0 Å². The monoisotopic (exact) mass is 353 g/mol. The summed E-state index contributed by atoms with van der Waals surface area (Å²) in [6, 6.07) is 0. The summed E-state index contributed by atoms with van der Waals surface area (Å²) in [4.78, 5) is 0. The Bertz CT molecular complexity index is 132. The first-order valence-electron chi connectivity index (χ1n) is 7.33. The Morgan fingerprint density at radius 1 is 0.722 bits per heavy atom. The third-order valence-corrected chi connectivity index (χ3v) is 11.9. The van der Waals surface area contributed by atoms with Gasteiger partial charge in [-0.1, -0.05) is 25.3 Å². The fraction of sp³-hybridized carbons (Fsp3) is 0.750. The van der Waals surface area contributed by atoms with Crippen molar-refractivity contribution < 1.29 is 0 Å². The molecule has 0 amide bonds. The average Bonchev–Trinajstić information content (AvgIpc) is 2.38. The number of hydrogen-bond acceptors (Lipinski definition) is 0. The first kappa shape index (κ1) is 23.9. The van der Waals surface area contributed by atoms with E-state index in [0.29, 0.717) is 0 Å². The SMILES string of the molecule is C=CC=C.CCC[CH2][Sn]([CH2]CCC)[CH2]CCC.[LiH]. The molecule has 2 heteroatoms. The summed E-state index contributed by atoms with van der Waals surface area (Å²) in [5, 5.41) is 0. The molecule has 0 aromatic heterocycles. The quantitative estimate of drug-likeness (QED) is 0.355. The summed E-state index contributed by atoms with van der Waals surface area (Å²) >= 11 is -0.839. The molecule has 0 aliphatic rings. The standard InChI is InChI=1S/3C4H9.C4H6.Li.Sn.H/c4*1-3-4-2;;;/h3*1,3-4H2,2H3;3-4H,1-2H2;;;. The van der Waals surface area contributed by atoms with Gasteiger partial charge in [-0.05, 0) is 0 Å². The van der Waals surface area contributed by atoms with E-state index in [4.69, 9.17) is 0 Å². The Labute approximate surface area is 136 Å². The van der Waals surface area contributed by atoms with Crippen molar-refractivity contribution >= 4 is 38.6 Å².